The molecule has 1 aliphatic carbocycles. The number of rotatable bonds is 5. The van der Waals surface area contributed by atoms with Crippen LogP contribution in [0.25, 0.3) is 0 Å². The molecule has 1 N–H and O–H groups in total. The zero-order chi connectivity index (χ0) is 18.0. The van der Waals surface area contributed by atoms with E-state index in [1.54, 1.807) is 25.3 Å². The van der Waals surface area contributed by atoms with E-state index in [0.29, 0.717) is 16.5 Å². The normalized spacial score (nSPS) is 14.1. The predicted octanol–water partition coefficient (Wildman–Crippen LogP) is 4.06. The van der Waals surface area contributed by atoms with Crippen LogP contribution in [0.2, 0.25) is 5.02 Å². The molecular formula is C18H20ClN3O2S. The van der Waals surface area contributed by atoms with E-state index >= 15 is 0 Å². The first-order chi connectivity index (χ1) is 12.0. The number of methoxy groups -OCH3 is 1. The molecule has 7 heteroatoms. The Morgan fingerprint density at radius 2 is 2.16 bits per heavy atom. The summed E-state index contributed by atoms with van der Waals surface area (Å²) in [4.78, 5) is 21.7. The minimum absolute atomic E-state index is 0.117. The zero-order valence-electron chi connectivity index (χ0n) is 14.4. The zero-order valence-corrected chi connectivity index (χ0v) is 16.0. The average Bonchev–Trinajstić information content (AvgIpc) is 3.03. The summed E-state index contributed by atoms with van der Waals surface area (Å²) in [6.07, 6.45) is 3.07. The van der Waals surface area contributed by atoms with Gasteiger partial charge in [-0.05, 0) is 51.3 Å². The molecule has 0 saturated heterocycles. The van der Waals surface area contributed by atoms with Gasteiger partial charge in [-0.3, -0.25) is 4.79 Å². The monoisotopic (exact) mass is 377 g/mol. The van der Waals surface area contributed by atoms with Gasteiger partial charge in [0.15, 0.2) is 0 Å². The molecule has 0 radical (unpaired) electrons. The number of thioether (sulfide) groups is 1. The second-order valence-corrected chi connectivity index (χ2v) is 7.71. The van der Waals surface area contributed by atoms with Gasteiger partial charge in [-0.25, -0.2) is 9.97 Å². The number of carbonyl (C=O) groups excluding carboxylic acids is 1. The third-order valence-electron chi connectivity index (χ3n) is 4.08. The smallest absolute Gasteiger partial charge is 0.237 e. The van der Waals surface area contributed by atoms with Crippen LogP contribution >= 0.6 is 23.4 Å². The molecule has 0 spiro atoms. The van der Waals surface area contributed by atoms with E-state index in [-0.39, 0.29) is 11.2 Å². The SMILES string of the molecule is COc1ccc(Cl)cc1NC(=O)[C@@H](C)Sc1nc(C)nc2c1CCC2. The van der Waals surface area contributed by atoms with Gasteiger partial charge in [-0.1, -0.05) is 23.4 Å². The first-order valence-electron chi connectivity index (χ1n) is 8.15. The quantitative estimate of drug-likeness (QED) is 0.629. The maximum absolute atomic E-state index is 12.6. The fraction of sp³-hybridized carbons (Fsp3) is 0.389. The summed E-state index contributed by atoms with van der Waals surface area (Å²) in [6, 6.07) is 5.14. The van der Waals surface area contributed by atoms with Gasteiger partial charge in [0, 0.05) is 16.3 Å². The molecule has 1 heterocycles. The van der Waals surface area contributed by atoms with Crippen LogP contribution in [0.1, 0.15) is 30.4 Å². The van der Waals surface area contributed by atoms with E-state index in [0.717, 1.165) is 35.8 Å². The summed E-state index contributed by atoms with van der Waals surface area (Å²) in [6.45, 7) is 3.76. The van der Waals surface area contributed by atoms with Crippen molar-refractivity contribution in [3.63, 3.8) is 0 Å². The van der Waals surface area contributed by atoms with Gasteiger partial charge in [0.05, 0.1) is 18.0 Å². The Kier molecular flexibility index (Phi) is 5.49. The number of amides is 1. The largest absolute Gasteiger partial charge is 0.495 e. The number of hydrogen-bond donors (Lipinski definition) is 1. The van der Waals surface area contributed by atoms with E-state index in [1.165, 1.54) is 17.3 Å². The molecule has 1 amide bonds. The van der Waals surface area contributed by atoms with Crippen molar-refractivity contribution >= 4 is 35.0 Å². The lowest BCUT2D eigenvalue weighted by Gasteiger charge is -2.15. The van der Waals surface area contributed by atoms with Crippen LogP contribution in [0.3, 0.4) is 0 Å². The van der Waals surface area contributed by atoms with E-state index in [4.69, 9.17) is 16.3 Å². The Balaban J connectivity index is 1.75. The lowest BCUT2D eigenvalue weighted by Crippen LogP contribution is -2.23. The highest BCUT2D eigenvalue weighted by Gasteiger charge is 2.23. The molecule has 1 aliphatic rings. The van der Waals surface area contributed by atoms with Crippen molar-refractivity contribution in [3.05, 3.63) is 40.3 Å². The molecule has 5 nitrogen and oxygen atoms in total. The standard InChI is InChI=1S/C18H20ClN3O2S/c1-10(17(23)22-15-9-12(19)7-8-16(15)24-3)25-18-13-5-4-6-14(13)20-11(2)21-18/h7-10H,4-6H2,1-3H3,(H,22,23)/t10-/m1/s1. The highest BCUT2D eigenvalue weighted by Crippen LogP contribution is 2.33. The Bertz CT molecular complexity index is 813. The number of aryl methyl sites for hydroxylation is 2. The topological polar surface area (TPSA) is 64.1 Å². The predicted molar refractivity (Wildman–Crippen MR) is 101 cm³/mol. The van der Waals surface area contributed by atoms with Crippen molar-refractivity contribution in [3.8, 4) is 5.75 Å². The van der Waals surface area contributed by atoms with Crippen molar-refractivity contribution in [2.75, 3.05) is 12.4 Å². The lowest BCUT2D eigenvalue weighted by molar-refractivity contribution is -0.115. The van der Waals surface area contributed by atoms with Crippen LogP contribution in [-0.4, -0.2) is 28.2 Å². The molecule has 0 saturated carbocycles. The number of anilines is 1. The molecule has 25 heavy (non-hydrogen) atoms. The van der Waals surface area contributed by atoms with Gasteiger partial charge < -0.3 is 10.1 Å². The Morgan fingerprint density at radius 3 is 2.92 bits per heavy atom. The summed E-state index contributed by atoms with van der Waals surface area (Å²) in [5.41, 5.74) is 2.88. The third kappa shape index (κ3) is 4.07. The molecule has 3 rings (SSSR count). The number of aromatic nitrogens is 2. The lowest BCUT2D eigenvalue weighted by atomic mass is 10.2. The van der Waals surface area contributed by atoms with Crippen LogP contribution in [0.5, 0.6) is 5.75 Å². The molecule has 2 aromatic rings. The number of halogens is 1. The van der Waals surface area contributed by atoms with Gasteiger partial charge in [0.25, 0.3) is 0 Å². The average molecular weight is 378 g/mol. The van der Waals surface area contributed by atoms with Crippen molar-refractivity contribution in [1.29, 1.82) is 0 Å². The maximum atomic E-state index is 12.6. The van der Waals surface area contributed by atoms with E-state index in [2.05, 4.69) is 15.3 Å². The van der Waals surface area contributed by atoms with Crippen molar-refractivity contribution in [1.82, 2.24) is 9.97 Å². The molecule has 0 aliphatic heterocycles. The van der Waals surface area contributed by atoms with Crippen LogP contribution < -0.4 is 10.1 Å². The Hall–Kier alpha value is -1.79. The van der Waals surface area contributed by atoms with Gasteiger partial charge in [-0.2, -0.15) is 0 Å². The second kappa shape index (κ2) is 7.62. The number of nitrogens with zero attached hydrogens (tertiary/aromatic N) is 2. The van der Waals surface area contributed by atoms with E-state index in [9.17, 15) is 4.79 Å². The fourth-order valence-electron chi connectivity index (χ4n) is 2.85. The number of nitrogens with one attached hydrogen (secondary N) is 1. The van der Waals surface area contributed by atoms with Crippen molar-refractivity contribution in [2.45, 2.75) is 43.4 Å². The van der Waals surface area contributed by atoms with Gasteiger partial charge in [0.2, 0.25) is 5.91 Å². The van der Waals surface area contributed by atoms with Crippen LogP contribution in [0.15, 0.2) is 23.2 Å². The fourth-order valence-corrected chi connectivity index (χ4v) is 4.07. The first kappa shape index (κ1) is 18.0. The molecule has 1 aromatic heterocycles. The summed E-state index contributed by atoms with van der Waals surface area (Å²) in [7, 11) is 1.56. The molecular weight excluding hydrogens is 358 g/mol. The Morgan fingerprint density at radius 1 is 1.36 bits per heavy atom. The maximum Gasteiger partial charge on any atom is 0.237 e. The van der Waals surface area contributed by atoms with Crippen LogP contribution in [0, 0.1) is 6.92 Å². The molecule has 1 atom stereocenters. The highest BCUT2D eigenvalue weighted by atomic mass is 35.5. The second-order valence-electron chi connectivity index (χ2n) is 5.95. The van der Waals surface area contributed by atoms with Gasteiger partial charge >= 0.3 is 0 Å². The van der Waals surface area contributed by atoms with Crippen LogP contribution in [0.4, 0.5) is 5.69 Å². The molecule has 132 valence electrons. The number of carbonyl (C=O) groups is 1. The van der Waals surface area contributed by atoms with Gasteiger partial charge in [-0.15, -0.1) is 0 Å². The number of ether oxygens (including phenoxy) is 1. The molecule has 0 unspecified atom stereocenters. The Labute approximate surface area is 156 Å². The minimum Gasteiger partial charge on any atom is -0.495 e. The van der Waals surface area contributed by atoms with Crippen molar-refractivity contribution < 1.29 is 9.53 Å². The van der Waals surface area contributed by atoms with Crippen LogP contribution in [-0.2, 0) is 17.6 Å². The van der Waals surface area contributed by atoms with Gasteiger partial charge in [0.1, 0.15) is 16.6 Å². The highest BCUT2D eigenvalue weighted by molar-refractivity contribution is 8.00. The van der Waals surface area contributed by atoms with Crippen molar-refractivity contribution in [2.24, 2.45) is 0 Å². The number of benzene rings is 1. The molecule has 0 fully saturated rings. The summed E-state index contributed by atoms with van der Waals surface area (Å²) < 4.78 is 5.27. The first-order valence-corrected chi connectivity index (χ1v) is 9.41. The molecule has 1 aromatic carbocycles. The minimum atomic E-state index is -0.303. The summed E-state index contributed by atoms with van der Waals surface area (Å²) >= 11 is 7.49. The van der Waals surface area contributed by atoms with E-state index < -0.39 is 0 Å². The third-order valence-corrected chi connectivity index (χ3v) is 5.45. The van der Waals surface area contributed by atoms with E-state index in [1.807, 2.05) is 13.8 Å². The summed E-state index contributed by atoms with van der Waals surface area (Å²) in [5.74, 6) is 1.22. The number of hydrogen-bond acceptors (Lipinski definition) is 5. The molecule has 0 bridgehead atoms. The number of fused-ring (bicyclic) bond motifs is 1. The summed E-state index contributed by atoms with van der Waals surface area (Å²) in [5, 5.41) is 4.05.